The molecule has 0 saturated heterocycles. The zero-order valence-corrected chi connectivity index (χ0v) is 14.2. The number of amides is 1. The molecule has 124 valence electrons. The van der Waals surface area contributed by atoms with Crippen LogP contribution in [0.5, 0.6) is 5.88 Å². The second-order valence-electron chi connectivity index (χ2n) is 5.71. The van der Waals surface area contributed by atoms with Gasteiger partial charge in [-0.15, -0.1) is 0 Å². The van der Waals surface area contributed by atoms with Gasteiger partial charge in [0.05, 0.1) is 12.3 Å². The highest BCUT2D eigenvalue weighted by atomic mass is 16.5. The Morgan fingerprint density at radius 3 is 2.87 bits per heavy atom. The standard InChI is InChI=1S/C17H24N4O2/c1-5-23-17-15(7-6-8-18-17)16(22)19-10-12(2)11-21-14(4)9-13(3)20-21/h6-9,12H,5,10-11H2,1-4H3,(H,19,22)/t12-/m0/s1. The zero-order chi connectivity index (χ0) is 16.8. The summed E-state index contributed by atoms with van der Waals surface area (Å²) in [5, 5.41) is 7.39. The lowest BCUT2D eigenvalue weighted by Crippen LogP contribution is -2.30. The number of hydrogen-bond acceptors (Lipinski definition) is 4. The molecular formula is C17H24N4O2. The number of hydrogen-bond donors (Lipinski definition) is 1. The molecule has 0 saturated carbocycles. The smallest absolute Gasteiger partial charge is 0.256 e. The van der Waals surface area contributed by atoms with E-state index in [-0.39, 0.29) is 11.8 Å². The topological polar surface area (TPSA) is 69.0 Å². The first-order chi connectivity index (χ1) is 11.0. The van der Waals surface area contributed by atoms with Crippen LogP contribution < -0.4 is 10.1 Å². The summed E-state index contributed by atoms with van der Waals surface area (Å²) in [6, 6.07) is 5.51. The number of aryl methyl sites for hydroxylation is 2. The summed E-state index contributed by atoms with van der Waals surface area (Å²) in [5.74, 6) is 0.477. The Labute approximate surface area is 136 Å². The van der Waals surface area contributed by atoms with Crippen molar-refractivity contribution < 1.29 is 9.53 Å². The quantitative estimate of drug-likeness (QED) is 0.851. The predicted octanol–water partition coefficient (Wildman–Crippen LogP) is 2.36. The van der Waals surface area contributed by atoms with E-state index < -0.39 is 0 Å². The van der Waals surface area contributed by atoms with E-state index in [1.54, 1.807) is 18.3 Å². The minimum Gasteiger partial charge on any atom is -0.477 e. The molecule has 6 nitrogen and oxygen atoms in total. The zero-order valence-electron chi connectivity index (χ0n) is 14.2. The summed E-state index contributed by atoms with van der Waals surface area (Å²) in [7, 11) is 0. The first-order valence-electron chi connectivity index (χ1n) is 7.88. The van der Waals surface area contributed by atoms with Crippen molar-refractivity contribution in [3.05, 3.63) is 41.3 Å². The molecular weight excluding hydrogens is 292 g/mol. The van der Waals surface area contributed by atoms with Crippen molar-refractivity contribution in [2.24, 2.45) is 5.92 Å². The Morgan fingerprint density at radius 1 is 1.43 bits per heavy atom. The molecule has 0 aliphatic rings. The Hall–Kier alpha value is -2.37. The number of ether oxygens (including phenoxy) is 1. The first kappa shape index (κ1) is 17.0. The van der Waals surface area contributed by atoms with Gasteiger partial charge < -0.3 is 10.1 Å². The van der Waals surface area contributed by atoms with E-state index in [0.717, 1.165) is 17.9 Å². The van der Waals surface area contributed by atoms with E-state index >= 15 is 0 Å². The van der Waals surface area contributed by atoms with E-state index in [1.807, 2.05) is 25.5 Å². The van der Waals surface area contributed by atoms with Crippen molar-refractivity contribution in [2.45, 2.75) is 34.2 Å². The molecule has 2 heterocycles. The normalized spacial score (nSPS) is 12.0. The predicted molar refractivity (Wildman–Crippen MR) is 88.6 cm³/mol. The fourth-order valence-corrected chi connectivity index (χ4v) is 2.40. The van der Waals surface area contributed by atoms with Crippen LogP contribution in [-0.4, -0.2) is 33.8 Å². The van der Waals surface area contributed by atoms with Gasteiger partial charge >= 0.3 is 0 Å². The molecule has 0 radical (unpaired) electrons. The molecule has 0 spiro atoms. The van der Waals surface area contributed by atoms with Crippen LogP contribution in [0.1, 0.15) is 35.6 Å². The van der Waals surface area contributed by atoms with Crippen LogP contribution in [-0.2, 0) is 6.54 Å². The number of nitrogens with zero attached hydrogens (tertiary/aromatic N) is 3. The lowest BCUT2D eigenvalue weighted by atomic mass is 10.1. The van der Waals surface area contributed by atoms with Crippen LogP contribution in [0.4, 0.5) is 0 Å². The Balaban J connectivity index is 1.92. The van der Waals surface area contributed by atoms with Gasteiger partial charge in [0.15, 0.2) is 0 Å². The molecule has 2 aromatic heterocycles. The van der Waals surface area contributed by atoms with Crippen molar-refractivity contribution in [2.75, 3.05) is 13.2 Å². The highest BCUT2D eigenvalue weighted by molar-refractivity contribution is 5.96. The van der Waals surface area contributed by atoms with Crippen LogP contribution in [0.25, 0.3) is 0 Å². The molecule has 23 heavy (non-hydrogen) atoms. The summed E-state index contributed by atoms with van der Waals surface area (Å²) in [6.45, 7) is 9.79. The largest absolute Gasteiger partial charge is 0.477 e. The van der Waals surface area contributed by atoms with Gasteiger partial charge in [-0.1, -0.05) is 6.92 Å². The summed E-state index contributed by atoms with van der Waals surface area (Å²) < 4.78 is 7.37. The second-order valence-corrected chi connectivity index (χ2v) is 5.71. The van der Waals surface area contributed by atoms with Crippen LogP contribution in [0, 0.1) is 19.8 Å². The molecule has 0 aliphatic heterocycles. The van der Waals surface area contributed by atoms with Crippen LogP contribution in [0.15, 0.2) is 24.4 Å². The van der Waals surface area contributed by atoms with Crippen molar-refractivity contribution in [1.29, 1.82) is 0 Å². The van der Waals surface area contributed by atoms with Crippen molar-refractivity contribution in [3.8, 4) is 5.88 Å². The molecule has 1 N–H and O–H groups in total. The molecule has 0 unspecified atom stereocenters. The second kappa shape index (κ2) is 7.76. The molecule has 0 aromatic carbocycles. The third-order valence-corrected chi connectivity index (χ3v) is 3.50. The Kier molecular flexibility index (Phi) is 5.73. The Bertz CT molecular complexity index is 666. The molecule has 6 heteroatoms. The maximum atomic E-state index is 12.3. The summed E-state index contributed by atoms with van der Waals surface area (Å²) in [6.07, 6.45) is 1.62. The molecule has 1 amide bonds. The molecule has 1 atom stereocenters. The molecule has 0 fully saturated rings. The van der Waals surface area contributed by atoms with Gasteiger partial charge in [0, 0.05) is 25.0 Å². The van der Waals surface area contributed by atoms with Gasteiger partial charge in [0.1, 0.15) is 5.56 Å². The van der Waals surface area contributed by atoms with Gasteiger partial charge in [0.25, 0.3) is 5.91 Å². The highest BCUT2D eigenvalue weighted by Crippen LogP contribution is 2.14. The van der Waals surface area contributed by atoms with Gasteiger partial charge in [-0.05, 0) is 44.9 Å². The van der Waals surface area contributed by atoms with Gasteiger partial charge in [-0.3, -0.25) is 9.48 Å². The van der Waals surface area contributed by atoms with E-state index in [4.69, 9.17) is 4.74 Å². The van der Waals surface area contributed by atoms with Gasteiger partial charge in [0.2, 0.25) is 5.88 Å². The lowest BCUT2D eigenvalue weighted by Gasteiger charge is -2.15. The van der Waals surface area contributed by atoms with E-state index in [9.17, 15) is 4.79 Å². The summed E-state index contributed by atoms with van der Waals surface area (Å²) >= 11 is 0. The maximum Gasteiger partial charge on any atom is 0.256 e. The SMILES string of the molecule is CCOc1ncccc1C(=O)NC[C@H](C)Cn1nc(C)cc1C. The average Bonchev–Trinajstić information content (AvgIpc) is 2.83. The fourth-order valence-electron chi connectivity index (χ4n) is 2.40. The average molecular weight is 316 g/mol. The monoisotopic (exact) mass is 316 g/mol. The van der Waals surface area contributed by atoms with Crippen LogP contribution in [0.3, 0.4) is 0 Å². The number of pyridine rings is 1. The van der Waals surface area contributed by atoms with Gasteiger partial charge in [-0.25, -0.2) is 4.98 Å². The number of rotatable bonds is 7. The summed E-state index contributed by atoms with van der Waals surface area (Å²) in [4.78, 5) is 16.4. The van der Waals surface area contributed by atoms with Crippen molar-refractivity contribution in [3.63, 3.8) is 0 Å². The lowest BCUT2D eigenvalue weighted by molar-refractivity contribution is 0.0942. The number of aromatic nitrogens is 3. The first-order valence-corrected chi connectivity index (χ1v) is 7.88. The third-order valence-electron chi connectivity index (χ3n) is 3.50. The van der Waals surface area contributed by atoms with Crippen molar-refractivity contribution in [1.82, 2.24) is 20.1 Å². The maximum absolute atomic E-state index is 12.3. The Morgan fingerprint density at radius 2 is 2.22 bits per heavy atom. The summed E-state index contributed by atoms with van der Waals surface area (Å²) in [5.41, 5.74) is 2.61. The molecule has 2 rings (SSSR count). The van der Waals surface area contributed by atoms with E-state index in [1.165, 1.54) is 0 Å². The van der Waals surface area contributed by atoms with E-state index in [2.05, 4.69) is 28.4 Å². The number of nitrogens with one attached hydrogen (secondary N) is 1. The molecule has 0 bridgehead atoms. The number of carbonyl (C=O) groups is 1. The van der Waals surface area contributed by atoms with Crippen molar-refractivity contribution >= 4 is 5.91 Å². The fraction of sp³-hybridized carbons (Fsp3) is 0.471. The minimum absolute atomic E-state index is 0.165. The number of carbonyl (C=O) groups excluding carboxylic acids is 1. The highest BCUT2D eigenvalue weighted by Gasteiger charge is 2.14. The van der Waals surface area contributed by atoms with Crippen LogP contribution in [0.2, 0.25) is 0 Å². The van der Waals surface area contributed by atoms with Gasteiger partial charge in [-0.2, -0.15) is 5.10 Å². The van der Waals surface area contributed by atoms with Crippen LogP contribution >= 0.6 is 0 Å². The molecule has 0 aliphatic carbocycles. The van der Waals surface area contributed by atoms with E-state index in [0.29, 0.717) is 24.6 Å². The molecule has 2 aromatic rings. The minimum atomic E-state index is -0.165. The third kappa shape index (κ3) is 4.55.